The van der Waals surface area contributed by atoms with Crippen molar-refractivity contribution in [3.8, 4) is 0 Å². The summed E-state index contributed by atoms with van der Waals surface area (Å²) in [6.45, 7) is 2.40. The molecule has 4 heteroatoms. The average molecular weight is 284 g/mol. The first-order chi connectivity index (χ1) is 8.56. The summed E-state index contributed by atoms with van der Waals surface area (Å²) in [5.74, 6) is -0.237. The Morgan fingerprint density at radius 2 is 1.89 bits per heavy atom. The molecule has 0 atom stereocenters. The number of benzene rings is 2. The maximum absolute atomic E-state index is 13.0. The second-order valence-corrected chi connectivity index (χ2v) is 4.89. The molecule has 0 aliphatic heterocycles. The van der Waals surface area contributed by atoms with Gasteiger partial charge in [-0.25, -0.2) is 4.39 Å². The Bertz CT molecular complexity index is 570. The van der Waals surface area contributed by atoms with Crippen LogP contribution in [0.1, 0.15) is 11.1 Å². The van der Waals surface area contributed by atoms with Gasteiger partial charge in [0.05, 0.1) is 0 Å². The van der Waals surface area contributed by atoms with E-state index in [1.54, 1.807) is 18.2 Å². The summed E-state index contributed by atoms with van der Waals surface area (Å²) in [5.41, 5.74) is 2.65. The van der Waals surface area contributed by atoms with Gasteiger partial charge in [-0.05, 0) is 54.4 Å². The highest BCUT2D eigenvalue weighted by Gasteiger charge is 2.03. The molecule has 18 heavy (non-hydrogen) atoms. The molecule has 2 rings (SSSR count). The second kappa shape index (κ2) is 5.59. The fourth-order valence-electron chi connectivity index (χ4n) is 1.69. The van der Waals surface area contributed by atoms with Crippen molar-refractivity contribution in [2.75, 3.05) is 5.32 Å². The first-order valence-electron chi connectivity index (χ1n) is 5.50. The molecule has 0 unspecified atom stereocenters. The molecular formula is C14H12Cl2FN. The van der Waals surface area contributed by atoms with Crippen molar-refractivity contribution in [2.24, 2.45) is 0 Å². The largest absolute Gasteiger partial charge is 0.381 e. The van der Waals surface area contributed by atoms with Crippen LogP contribution in [0.3, 0.4) is 0 Å². The fraction of sp³-hybridized carbons (Fsp3) is 0.143. The van der Waals surface area contributed by atoms with Gasteiger partial charge in [0.25, 0.3) is 0 Å². The SMILES string of the molecule is Cc1cc(F)ccc1NCc1cc(Cl)ccc1Cl. The Morgan fingerprint density at radius 3 is 2.61 bits per heavy atom. The fourth-order valence-corrected chi connectivity index (χ4v) is 2.07. The summed E-state index contributed by atoms with van der Waals surface area (Å²) < 4.78 is 13.0. The van der Waals surface area contributed by atoms with Gasteiger partial charge in [-0.15, -0.1) is 0 Å². The lowest BCUT2D eigenvalue weighted by Crippen LogP contribution is -2.02. The summed E-state index contributed by atoms with van der Waals surface area (Å²) in [6.07, 6.45) is 0. The Hall–Kier alpha value is -1.25. The molecule has 0 saturated heterocycles. The van der Waals surface area contributed by atoms with Crippen LogP contribution in [0, 0.1) is 12.7 Å². The third-order valence-electron chi connectivity index (χ3n) is 2.67. The van der Waals surface area contributed by atoms with E-state index in [4.69, 9.17) is 23.2 Å². The molecule has 0 aliphatic carbocycles. The van der Waals surface area contributed by atoms with Crippen LogP contribution in [0.4, 0.5) is 10.1 Å². The van der Waals surface area contributed by atoms with Gasteiger partial charge in [-0.3, -0.25) is 0 Å². The van der Waals surface area contributed by atoms with E-state index in [1.807, 2.05) is 13.0 Å². The lowest BCUT2D eigenvalue weighted by molar-refractivity contribution is 0.627. The van der Waals surface area contributed by atoms with Crippen LogP contribution < -0.4 is 5.32 Å². The third-order valence-corrected chi connectivity index (χ3v) is 3.27. The highest BCUT2D eigenvalue weighted by Crippen LogP contribution is 2.23. The van der Waals surface area contributed by atoms with E-state index < -0.39 is 0 Å². The zero-order valence-corrected chi connectivity index (χ0v) is 11.3. The molecule has 0 amide bonds. The van der Waals surface area contributed by atoms with E-state index >= 15 is 0 Å². The number of aryl methyl sites for hydroxylation is 1. The zero-order valence-electron chi connectivity index (χ0n) is 9.81. The minimum absolute atomic E-state index is 0.237. The molecule has 0 saturated carbocycles. The maximum atomic E-state index is 13.0. The molecule has 0 radical (unpaired) electrons. The van der Waals surface area contributed by atoms with Crippen molar-refractivity contribution in [1.82, 2.24) is 0 Å². The van der Waals surface area contributed by atoms with Crippen LogP contribution in [0.25, 0.3) is 0 Å². The third kappa shape index (κ3) is 3.15. The summed E-state index contributed by atoms with van der Waals surface area (Å²) in [6, 6.07) is 9.95. The van der Waals surface area contributed by atoms with Crippen molar-refractivity contribution in [2.45, 2.75) is 13.5 Å². The highest BCUT2D eigenvalue weighted by atomic mass is 35.5. The van der Waals surface area contributed by atoms with Gasteiger partial charge in [0.2, 0.25) is 0 Å². The van der Waals surface area contributed by atoms with Crippen molar-refractivity contribution in [3.63, 3.8) is 0 Å². The molecule has 94 valence electrons. The van der Waals surface area contributed by atoms with E-state index in [9.17, 15) is 4.39 Å². The minimum atomic E-state index is -0.237. The van der Waals surface area contributed by atoms with E-state index in [-0.39, 0.29) is 5.82 Å². The maximum Gasteiger partial charge on any atom is 0.123 e. The highest BCUT2D eigenvalue weighted by molar-refractivity contribution is 6.33. The van der Waals surface area contributed by atoms with Gasteiger partial charge in [-0.1, -0.05) is 23.2 Å². The lowest BCUT2D eigenvalue weighted by atomic mass is 10.1. The number of hydrogen-bond donors (Lipinski definition) is 1. The summed E-state index contributed by atoms with van der Waals surface area (Å²) >= 11 is 12.0. The number of anilines is 1. The minimum Gasteiger partial charge on any atom is -0.381 e. The number of hydrogen-bond acceptors (Lipinski definition) is 1. The van der Waals surface area contributed by atoms with Gasteiger partial charge in [-0.2, -0.15) is 0 Å². The molecule has 0 aliphatic rings. The molecule has 2 aromatic rings. The Labute approximate surface area is 116 Å². The predicted octanol–water partition coefficient (Wildman–Crippen LogP) is 5.05. The Balaban J connectivity index is 2.13. The standard InChI is InChI=1S/C14H12Cl2FN/c1-9-6-12(17)3-5-14(9)18-8-10-7-11(15)2-4-13(10)16/h2-7,18H,8H2,1H3. The molecule has 0 bridgehead atoms. The Morgan fingerprint density at radius 1 is 1.11 bits per heavy atom. The molecule has 2 aromatic carbocycles. The van der Waals surface area contributed by atoms with Crippen LogP contribution in [0.5, 0.6) is 0 Å². The first kappa shape index (κ1) is 13.2. The number of nitrogens with one attached hydrogen (secondary N) is 1. The monoisotopic (exact) mass is 283 g/mol. The lowest BCUT2D eigenvalue weighted by Gasteiger charge is -2.11. The molecule has 0 fully saturated rings. The van der Waals surface area contributed by atoms with E-state index in [0.717, 1.165) is 16.8 Å². The molecule has 1 nitrogen and oxygen atoms in total. The van der Waals surface area contributed by atoms with E-state index in [0.29, 0.717) is 16.6 Å². The normalized spacial score (nSPS) is 10.4. The van der Waals surface area contributed by atoms with E-state index in [2.05, 4.69) is 5.32 Å². The molecular weight excluding hydrogens is 272 g/mol. The molecule has 0 aromatic heterocycles. The van der Waals surface area contributed by atoms with Gasteiger partial charge < -0.3 is 5.32 Å². The quantitative estimate of drug-likeness (QED) is 0.831. The first-order valence-corrected chi connectivity index (χ1v) is 6.26. The van der Waals surface area contributed by atoms with Crippen LogP contribution in [0.15, 0.2) is 36.4 Å². The summed E-state index contributed by atoms with van der Waals surface area (Å²) in [5, 5.41) is 4.52. The number of rotatable bonds is 3. The van der Waals surface area contributed by atoms with Crippen LogP contribution in [-0.2, 0) is 6.54 Å². The van der Waals surface area contributed by atoms with Crippen molar-refractivity contribution < 1.29 is 4.39 Å². The van der Waals surface area contributed by atoms with Crippen molar-refractivity contribution in [3.05, 3.63) is 63.4 Å². The van der Waals surface area contributed by atoms with E-state index in [1.165, 1.54) is 12.1 Å². The second-order valence-electron chi connectivity index (χ2n) is 4.05. The topological polar surface area (TPSA) is 12.0 Å². The van der Waals surface area contributed by atoms with Crippen LogP contribution in [-0.4, -0.2) is 0 Å². The van der Waals surface area contributed by atoms with Gasteiger partial charge >= 0.3 is 0 Å². The van der Waals surface area contributed by atoms with Gasteiger partial charge in [0.1, 0.15) is 5.82 Å². The predicted molar refractivity (Wildman–Crippen MR) is 74.9 cm³/mol. The van der Waals surface area contributed by atoms with Gasteiger partial charge in [0.15, 0.2) is 0 Å². The zero-order chi connectivity index (χ0) is 13.1. The van der Waals surface area contributed by atoms with Crippen molar-refractivity contribution in [1.29, 1.82) is 0 Å². The van der Waals surface area contributed by atoms with Gasteiger partial charge in [0, 0.05) is 22.3 Å². The van der Waals surface area contributed by atoms with Crippen LogP contribution >= 0.6 is 23.2 Å². The average Bonchev–Trinajstić information content (AvgIpc) is 2.32. The van der Waals surface area contributed by atoms with Crippen molar-refractivity contribution >= 4 is 28.9 Å². The smallest absolute Gasteiger partial charge is 0.123 e. The molecule has 1 N–H and O–H groups in total. The molecule has 0 spiro atoms. The molecule has 0 heterocycles. The number of halogens is 3. The Kier molecular flexibility index (Phi) is 4.10. The van der Waals surface area contributed by atoms with Crippen LogP contribution in [0.2, 0.25) is 10.0 Å². The summed E-state index contributed by atoms with van der Waals surface area (Å²) in [7, 11) is 0. The summed E-state index contributed by atoms with van der Waals surface area (Å²) in [4.78, 5) is 0.